The van der Waals surface area contributed by atoms with E-state index in [9.17, 15) is 8.42 Å². The van der Waals surface area contributed by atoms with Gasteiger partial charge in [0.15, 0.2) is 0 Å². The molecule has 0 amide bonds. The Morgan fingerprint density at radius 2 is 1.79 bits per heavy atom. The minimum atomic E-state index is -3.75. The fourth-order valence-corrected chi connectivity index (χ4v) is 5.42. The smallest absolute Gasteiger partial charge is 0.243 e. The van der Waals surface area contributed by atoms with Crippen molar-refractivity contribution >= 4 is 32.8 Å². The van der Waals surface area contributed by atoms with Crippen LogP contribution in [0.2, 0.25) is 0 Å². The summed E-state index contributed by atoms with van der Waals surface area (Å²) in [4.78, 5) is 4.78. The van der Waals surface area contributed by atoms with E-state index < -0.39 is 10.0 Å². The fourth-order valence-electron chi connectivity index (χ4n) is 3.43. The molecule has 148 valence electrons. The summed E-state index contributed by atoms with van der Waals surface area (Å²) in [5.74, 6) is 0. The molecule has 0 radical (unpaired) electrons. The second kappa shape index (κ2) is 8.22. The Balaban J connectivity index is 1.60. The van der Waals surface area contributed by atoms with Gasteiger partial charge >= 0.3 is 0 Å². The quantitative estimate of drug-likeness (QED) is 0.669. The molecule has 2 heterocycles. The van der Waals surface area contributed by atoms with E-state index in [0.717, 1.165) is 43.1 Å². The summed E-state index contributed by atoms with van der Waals surface area (Å²) in [6.07, 6.45) is 0. The van der Waals surface area contributed by atoms with Crippen molar-refractivity contribution in [2.45, 2.75) is 10.9 Å². The number of nitrogens with one attached hydrogen (secondary N) is 1. The molecule has 7 nitrogen and oxygen atoms in total. The van der Waals surface area contributed by atoms with Crippen LogP contribution >= 0.6 is 0 Å². The first-order valence-corrected chi connectivity index (χ1v) is 11.4. The zero-order chi connectivity index (χ0) is 19.6. The molecule has 2 aromatic carbocycles. The first-order chi connectivity index (χ1) is 13.5. The number of hydrogen-bond donors (Lipinski definition) is 1. The van der Waals surface area contributed by atoms with Crippen molar-refractivity contribution in [2.24, 2.45) is 8.73 Å². The number of likely N-dealkylation sites (N-methyl/N-ethyl adjacent to an activating group) is 1. The van der Waals surface area contributed by atoms with Gasteiger partial charge in [0.1, 0.15) is 16.3 Å². The maximum atomic E-state index is 13.2. The lowest BCUT2D eigenvalue weighted by Gasteiger charge is -2.35. The van der Waals surface area contributed by atoms with E-state index in [1.807, 2.05) is 30.3 Å². The molecule has 0 saturated carbocycles. The number of benzene rings is 2. The Morgan fingerprint density at radius 3 is 2.54 bits per heavy atom. The lowest BCUT2D eigenvalue weighted by Crippen LogP contribution is -2.47. The van der Waals surface area contributed by atoms with Crippen molar-refractivity contribution in [1.29, 1.82) is 0 Å². The van der Waals surface area contributed by atoms with Crippen molar-refractivity contribution in [2.75, 3.05) is 39.8 Å². The lowest BCUT2D eigenvalue weighted by molar-refractivity contribution is 0.145. The van der Waals surface area contributed by atoms with Crippen LogP contribution in [0.3, 0.4) is 0 Å². The van der Waals surface area contributed by atoms with Crippen LogP contribution in [0.25, 0.3) is 0 Å². The van der Waals surface area contributed by atoms with Crippen LogP contribution in [0, 0.1) is 0 Å². The van der Waals surface area contributed by atoms with Gasteiger partial charge < -0.3 is 4.90 Å². The van der Waals surface area contributed by atoms with Gasteiger partial charge in [-0.3, -0.25) is 4.90 Å². The molecule has 2 aliphatic heterocycles. The van der Waals surface area contributed by atoms with Crippen molar-refractivity contribution in [3.8, 4) is 0 Å². The van der Waals surface area contributed by atoms with Crippen LogP contribution in [0.15, 0.2) is 62.2 Å². The van der Waals surface area contributed by atoms with Gasteiger partial charge in [-0.25, -0.2) is 13.1 Å². The van der Waals surface area contributed by atoms with Gasteiger partial charge in [-0.2, -0.15) is 8.73 Å². The molecule has 1 fully saturated rings. The molecule has 2 aromatic rings. The highest BCUT2D eigenvalue weighted by Crippen LogP contribution is 2.37. The molecule has 0 bridgehead atoms. The Kier molecular flexibility index (Phi) is 5.70. The summed E-state index contributed by atoms with van der Waals surface area (Å²) in [7, 11) is -1.64. The number of fused-ring (bicyclic) bond motifs is 1. The van der Waals surface area contributed by atoms with Crippen LogP contribution in [0.1, 0.15) is 11.6 Å². The van der Waals surface area contributed by atoms with Gasteiger partial charge in [-0.05, 0) is 24.7 Å². The molecule has 9 heteroatoms. The predicted molar refractivity (Wildman–Crippen MR) is 111 cm³/mol. The van der Waals surface area contributed by atoms with Gasteiger partial charge in [0, 0.05) is 32.7 Å². The predicted octanol–water partition coefficient (Wildman–Crippen LogP) is 2.68. The molecular weight excluding hydrogens is 394 g/mol. The van der Waals surface area contributed by atoms with E-state index in [-0.39, 0.29) is 10.9 Å². The van der Waals surface area contributed by atoms with E-state index in [1.165, 1.54) is 0 Å². The van der Waals surface area contributed by atoms with E-state index in [4.69, 9.17) is 0 Å². The summed E-state index contributed by atoms with van der Waals surface area (Å²) >= 11 is 1.02. The minimum absolute atomic E-state index is 0.179. The Bertz CT molecular complexity index is 1010. The first kappa shape index (κ1) is 19.4. The van der Waals surface area contributed by atoms with Crippen LogP contribution in [0.4, 0.5) is 11.4 Å². The Hall–Kier alpha value is -1.91. The maximum Gasteiger partial charge on any atom is 0.243 e. The minimum Gasteiger partial charge on any atom is -0.304 e. The van der Waals surface area contributed by atoms with Gasteiger partial charge in [0.25, 0.3) is 0 Å². The van der Waals surface area contributed by atoms with E-state index >= 15 is 0 Å². The molecule has 0 spiro atoms. The Morgan fingerprint density at radius 1 is 1.04 bits per heavy atom. The Labute approximate surface area is 169 Å². The van der Waals surface area contributed by atoms with Gasteiger partial charge in [0.05, 0.1) is 17.4 Å². The second-order valence-corrected chi connectivity index (χ2v) is 9.29. The third-order valence-electron chi connectivity index (χ3n) is 5.07. The summed E-state index contributed by atoms with van der Waals surface area (Å²) in [5.41, 5.74) is 1.98. The topological polar surface area (TPSA) is 77.4 Å². The van der Waals surface area contributed by atoms with Crippen molar-refractivity contribution < 1.29 is 8.42 Å². The SMILES string of the molecule is CN1CCN(CC(NS(=O)(=O)c2cccc3c2N=S=N3)c2ccccc2)CC1. The van der Waals surface area contributed by atoms with Crippen molar-refractivity contribution in [1.82, 2.24) is 14.5 Å². The molecule has 1 saturated heterocycles. The molecule has 1 N–H and O–H groups in total. The molecule has 1 unspecified atom stereocenters. The van der Waals surface area contributed by atoms with Gasteiger partial charge in [-0.15, -0.1) is 0 Å². The molecule has 0 aliphatic carbocycles. The summed E-state index contributed by atoms with van der Waals surface area (Å²) in [6.45, 7) is 4.44. The third kappa shape index (κ3) is 4.23. The van der Waals surface area contributed by atoms with Crippen LogP contribution < -0.4 is 4.72 Å². The van der Waals surface area contributed by atoms with Crippen molar-refractivity contribution in [3.63, 3.8) is 0 Å². The number of rotatable bonds is 6. The third-order valence-corrected chi connectivity index (χ3v) is 7.12. The first-order valence-electron chi connectivity index (χ1n) is 9.22. The normalized spacial score (nSPS) is 18.6. The van der Waals surface area contributed by atoms with Crippen LogP contribution in [0.5, 0.6) is 0 Å². The highest BCUT2D eigenvalue weighted by molar-refractivity contribution is 7.89. The highest BCUT2D eigenvalue weighted by Gasteiger charge is 2.28. The molecule has 4 rings (SSSR count). The standard InChI is InChI=1S/C19H23N5O2S2/c1-23-10-12-24(13-11-23)14-17(15-6-3-2-4-7-15)22-28(25,26)18-9-5-8-16-19(18)21-27-20-16/h2-9,17,22H,10-14H2,1H3. The molecule has 28 heavy (non-hydrogen) atoms. The average molecular weight is 418 g/mol. The van der Waals surface area contributed by atoms with Gasteiger partial charge in [-0.1, -0.05) is 36.4 Å². The van der Waals surface area contributed by atoms with Gasteiger partial charge in [0.2, 0.25) is 10.0 Å². The zero-order valence-corrected chi connectivity index (χ0v) is 17.3. The fraction of sp³-hybridized carbons (Fsp3) is 0.368. The van der Waals surface area contributed by atoms with E-state index in [0.29, 0.717) is 17.9 Å². The number of sulfonamides is 1. The average Bonchev–Trinajstić information content (AvgIpc) is 3.18. The second-order valence-electron chi connectivity index (χ2n) is 7.08. The molecule has 0 aromatic heterocycles. The number of nitrogens with zero attached hydrogens (tertiary/aromatic N) is 4. The summed E-state index contributed by atoms with van der Waals surface area (Å²) < 4.78 is 37.7. The summed E-state index contributed by atoms with van der Waals surface area (Å²) in [5, 5.41) is 0. The molecule has 1 atom stereocenters. The van der Waals surface area contributed by atoms with Crippen LogP contribution in [-0.4, -0.2) is 58.0 Å². The lowest BCUT2D eigenvalue weighted by atomic mass is 10.1. The van der Waals surface area contributed by atoms with E-state index in [2.05, 4.69) is 30.3 Å². The van der Waals surface area contributed by atoms with Crippen molar-refractivity contribution in [3.05, 3.63) is 54.1 Å². The summed E-state index contributed by atoms with van der Waals surface area (Å²) in [6, 6.07) is 14.5. The number of piperazine rings is 1. The monoisotopic (exact) mass is 417 g/mol. The highest BCUT2D eigenvalue weighted by atomic mass is 32.2. The molecular formula is C19H23N5O2S2. The van der Waals surface area contributed by atoms with Crippen LogP contribution in [-0.2, 0) is 21.4 Å². The largest absolute Gasteiger partial charge is 0.304 e. The maximum absolute atomic E-state index is 13.2. The van der Waals surface area contributed by atoms with E-state index in [1.54, 1.807) is 18.2 Å². The zero-order valence-electron chi connectivity index (χ0n) is 15.7. The molecule has 2 aliphatic rings. The number of hydrogen-bond acceptors (Lipinski definition) is 6.